The van der Waals surface area contributed by atoms with Gasteiger partial charge < -0.3 is 10.1 Å². The predicted octanol–water partition coefficient (Wildman–Crippen LogP) is 3.73. The molecule has 0 saturated carbocycles. The molecule has 134 valence electrons. The minimum atomic E-state index is -0.448. The summed E-state index contributed by atoms with van der Waals surface area (Å²) in [6.07, 6.45) is 3.49. The summed E-state index contributed by atoms with van der Waals surface area (Å²) in [5, 5.41) is 11.3. The van der Waals surface area contributed by atoms with Crippen LogP contribution in [0.2, 0.25) is 0 Å². The maximum Gasteiger partial charge on any atom is 0.348 e. The van der Waals surface area contributed by atoms with Crippen LogP contribution in [-0.2, 0) is 28.8 Å². The van der Waals surface area contributed by atoms with Crippen molar-refractivity contribution in [3.8, 4) is 6.07 Å². The molecule has 0 fully saturated rings. The summed E-state index contributed by atoms with van der Waals surface area (Å²) in [6, 6.07) is 11.0. The maximum atomic E-state index is 12.2. The van der Waals surface area contributed by atoms with Crippen LogP contribution in [0.3, 0.4) is 0 Å². The molecule has 0 unspecified atom stereocenters. The number of aryl methyl sites for hydroxylation is 1. The Balaban J connectivity index is 1.51. The fourth-order valence-corrected chi connectivity index (χ4v) is 4.11. The topological polar surface area (TPSA) is 79.2 Å². The van der Waals surface area contributed by atoms with E-state index in [0.29, 0.717) is 22.9 Å². The van der Waals surface area contributed by atoms with Gasteiger partial charge in [0.15, 0.2) is 6.61 Å². The lowest BCUT2D eigenvalue weighted by molar-refractivity contribution is -0.119. The van der Waals surface area contributed by atoms with Crippen LogP contribution in [0.1, 0.15) is 39.0 Å². The number of esters is 1. The molecule has 0 radical (unpaired) electrons. The summed E-state index contributed by atoms with van der Waals surface area (Å²) >= 11 is 1.47. The van der Waals surface area contributed by atoms with E-state index in [2.05, 4.69) is 18.3 Å². The molecule has 0 spiro atoms. The zero-order valence-corrected chi connectivity index (χ0v) is 15.4. The van der Waals surface area contributed by atoms with Gasteiger partial charge in [0.2, 0.25) is 0 Å². The molecule has 1 aliphatic carbocycles. The lowest BCUT2D eigenvalue weighted by Gasteiger charge is -2.16. The Kier molecular flexibility index (Phi) is 5.69. The largest absolute Gasteiger partial charge is 0.451 e. The Morgan fingerprint density at radius 2 is 2.12 bits per heavy atom. The smallest absolute Gasteiger partial charge is 0.348 e. The lowest BCUT2D eigenvalue weighted by atomic mass is 9.90. The summed E-state index contributed by atoms with van der Waals surface area (Å²) in [4.78, 5) is 26.0. The van der Waals surface area contributed by atoms with E-state index in [4.69, 9.17) is 10.00 Å². The normalized spacial score (nSPS) is 15.6. The van der Waals surface area contributed by atoms with E-state index in [-0.39, 0.29) is 12.5 Å². The Hall–Kier alpha value is -2.65. The molecule has 1 aromatic carbocycles. The van der Waals surface area contributed by atoms with Gasteiger partial charge in [-0.25, -0.2) is 4.79 Å². The van der Waals surface area contributed by atoms with Gasteiger partial charge in [0.05, 0.1) is 12.5 Å². The Morgan fingerprint density at radius 3 is 2.85 bits per heavy atom. The van der Waals surface area contributed by atoms with Gasteiger partial charge in [-0.05, 0) is 54.5 Å². The van der Waals surface area contributed by atoms with E-state index in [0.717, 1.165) is 24.8 Å². The van der Waals surface area contributed by atoms with Crippen molar-refractivity contribution >= 4 is 28.9 Å². The predicted molar refractivity (Wildman–Crippen MR) is 100 cm³/mol. The van der Waals surface area contributed by atoms with E-state index in [9.17, 15) is 9.59 Å². The average Bonchev–Trinajstić information content (AvgIpc) is 3.05. The third-order valence-corrected chi connectivity index (χ3v) is 5.60. The zero-order chi connectivity index (χ0) is 18.5. The van der Waals surface area contributed by atoms with Crippen molar-refractivity contribution in [1.82, 2.24) is 0 Å². The molecule has 1 N–H and O–H groups in total. The summed E-state index contributed by atoms with van der Waals surface area (Å²) in [5.41, 5.74) is 2.73. The number of carbonyl (C=O) groups excluding carboxylic acids is 2. The second kappa shape index (κ2) is 8.15. The maximum absolute atomic E-state index is 12.2. The first kappa shape index (κ1) is 18.2. The number of nitriles is 1. The third kappa shape index (κ3) is 4.50. The summed E-state index contributed by atoms with van der Waals surface area (Å²) in [6.45, 7) is 1.90. The number of hydrogen-bond donors (Lipinski definition) is 1. The van der Waals surface area contributed by atoms with Crippen LogP contribution in [0.4, 0.5) is 5.69 Å². The second-order valence-corrected chi connectivity index (χ2v) is 7.70. The number of thiophene rings is 1. The monoisotopic (exact) mass is 368 g/mol. The molecule has 3 rings (SSSR count). The summed E-state index contributed by atoms with van der Waals surface area (Å²) in [7, 11) is 0. The number of hydrogen-bond acceptors (Lipinski definition) is 5. The highest BCUT2D eigenvalue weighted by Gasteiger charge is 2.21. The zero-order valence-electron chi connectivity index (χ0n) is 14.6. The fourth-order valence-electron chi connectivity index (χ4n) is 3.00. The first-order valence-electron chi connectivity index (χ1n) is 8.59. The Labute approximate surface area is 156 Å². The third-order valence-electron chi connectivity index (χ3n) is 4.39. The van der Waals surface area contributed by atoms with Gasteiger partial charge in [-0.3, -0.25) is 4.79 Å². The highest BCUT2D eigenvalue weighted by molar-refractivity contribution is 7.14. The van der Waals surface area contributed by atoms with Crippen molar-refractivity contribution in [1.29, 1.82) is 5.26 Å². The standard InChI is InChI=1S/C20H20N2O3S/c1-13-2-7-17-15(10-13)11-18(26-17)20(24)25-12-19(23)22-16-5-3-14(4-6-16)8-9-21/h3-6,11,13H,2,7-8,10,12H2,1H3,(H,22,23)/t13-/m0/s1. The summed E-state index contributed by atoms with van der Waals surface area (Å²) in [5.74, 6) is -0.191. The molecular formula is C20H20N2O3S. The van der Waals surface area contributed by atoms with Gasteiger partial charge in [0, 0.05) is 10.6 Å². The Morgan fingerprint density at radius 1 is 1.35 bits per heavy atom. The van der Waals surface area contributed by atoms with Gasteiger partial charge in [-0.1, -0.05) is 19.1 Å². The molecule has 0 bridgehead atoms. The molecule has 1 atom stereocenters. The minimum Gasteiger partial charge on any atom is -0.451 e. The number of rotatable bonds is 5. The van der Waals surface area contributed by atoms with E-state index in [1.165, 1.54) is 21.8 Å². The number of ether oxygens (including phenoxy) is 1. The molecule has 2 aromatic rings. The quantitative estimate of drug-likeness (QED) is 0.816. The van der Waals surface area contributed by atoms with E-state index in [1.54, 1.807) is 24.3 Å². The molecule has 1 aliphatic rings. The molecule has 1 aromatic heterocycles. The number of carbonyl (C=O) groups is 2. The average molecular weight is 368 g/mol. The molecule has 0 saturated heterocycles. The van der Waals surface area contributed by atoms with Crippen LogP contribution in [0.25, 0.3) is 0 Å². The van der Waals surface area contributed by atoms with Crippen molar-refractivity contribution in [3.63, 3.8) is 0 Å². The van der Waals surface area contributed by atoms with Gasteiger partial charge in [0.25, 0.3) is 5.91 Å². The second-order valence-electron chi connectivity index (χ2n) is 6.56. The minimum absolute atomic E-state index is 0.322. The van der Waals surface area contributed by atoms with Crippen LogP contribution in [0.5, 0.6) is 0 Å². The first-order valence-corrected chi connectivity index (χ1v) is 9.41. The molecule has 0 aliphatic heterocycles. The van der Waals surface area contributed by atoms with Crippen molar-refractivity contribution in [2.45, 2.75) is 32.6 Å². The van der Waals surface area contributed by atoms with E-state index >= 15 is 0 Å². The van der Waals surface area contributed by atoms with Crippen molar-refractivity contribution < 1.29 is 14.3 Å². The van der Waals surface area contributed by atoms with Crippen LogP contribution < -0.4 is 5.32 Å². The van der Waals surface area contributed by atoms with Crippen molar-refractivity contribution in [2.75, 3.05) is 11.9 Å². The number of anilines is 1. The van der Waals surface area contributed by atoms with Gasteiger partial charge in [-0.15, -0.1) is 11.3 Å². The van der Waals surface area contributed by atoms with Crippen LogP contribution in [0.15, 0.2) is 30.3 Å². The van der Waals surface area contributed by atoms with E-state index in [1.807, 2.05) is 6.07 Å². The van der Waals surface area contributed by atoms with Crippen LogP contribution in [-0.4, -0.2) is 18.5 Å². The highest BCUT2D eigenvalue weighted by Crippen LogP contribution is 2.32. The molecular weight excluding hydrogens is 348 g/mol. The molecule has 1 heterocycles. The van der Waals surface area contributed by atoms with Gasteiger partial charge >= 0.3 is 5.97 Å². The van der Waals surface area contributed by atoms with Crippen LogP contribution in [0, 0.1) is 17.2 Å². The molecule has 5 nitrogen and oxygen atoms in total. The number of fused-ring (bicyclic) bond motifs is 1. The van der Waals surface area contributed by atoms with Crippen molar-refractivity contribution in [2.24, 2.45) is 5.92 Å². The first-order chi connectivity index (χ1) is 12.5. The number of benzene rings is 1. The highest BCUT2D eigenvalue weighted by atomic mass is 32.1. The van der Waals surface area contributed by atoms with E-state index < -0.39 is 5.97 Å². The van der Waals surface area contributed by atoms with Gasteiger partial charge in [-0.2, -0.15) is 5.26 Å². The number of nitrogens with one attached hydrogen (secondary N) is 1. The number of amides is 1. The van der Waals surface area contributed by atoms with Crippen molar-refractivity contribution in [3.05, 3.63) is 51.2 Å². The summed E-state index contributed by atoms with van der Waals surface area (Å²) < 4.78 is 5.15. The Bertz CT molecular complexity index is 849. The molecule has 1 amide bonds. The van der Waals surface area contributed by atoms with Gasteiger partial charge in [0.1, 0.15) is 4.88 Å². The SMILES string of the molecule is C[C@H]1CCc2sc(C(=O)OCC(=O)Nc3ccc(CC#N)cc3)cc2C1. The molecule has 6 heteroatoms. The number of nitrogens with zero attached hydrogens (tertiary/aromatic N) is 1. The fraction of sp³-hybridized carbons (Fsp3) is 0.350. The van der Waals surface area contributed by atoms with Crippen LogP contribution >= 0.6 is 11.3 Å². The lowest BCUT2D eigenvalue weighted by Crippen LogP contribution is -2.20. The molecule has 26 heavy (non-hydrogen) atoms.